The molecule has 2 atom stereocenters. The first-order chi connectivity index (χ1) is 14.0. The molecule has 3 rings (SSSR count). The predicted molar refractivity (Wildman–Crippen MR) is 110 cm³/mol. The molecule has 0 bridgehead atoms. The van der Waals surface area contributed by atoms with Crippen LogP contribution in [0.4, 0.5) is 0 Å². The first kappa shape index (κ1) is 21.6. The SMILES string of the molecule is C/C=C(/C)C(=O)OC(C)(C)[C@H]1Oc2ccc3ccc(=O)oc3c2[C@H]1OC(=O)C(C)C. The van der Waals surface area contributed by atoms with Crippen LogP contribution >= 0.6 is 0 Å². The fraction of sp³-hybridized carbons (Fsp3) is 0.435. The van der Waals surface area contributed by atoms with Crippen LogP contribution in [0.2, 0.25) is 0 Å². The highest BCUT2D eigenvalue weighted by Gasteiger charge is 2.50. The summed E-state index contributed by atoms with van der Waals surface area (Å²) in [7, 11) is 0. The van der Waals surface area contributed by atoms with Crippen LogP contribution in [-0.4, -0.2) is 23.6 Å². The van der Waals surface area contributed by atoms with Crippen molar-refractivity contribution in [3.8, 4) is 5.75 Å². The fourth-order valence-electron chi connectivity index (χ4n) is 3.24. The van der Waals surface area contributed by atoms with E-state index in [2.05, 4.69) is 0 Å². The van der Waals surface area contributed by atoms with Gasteiger partial charge >= 0.3 is 17.6 Å². The largest absolute Gasteiger partial charge is 0.481 e. The summed E-state index contributed by atoms with van der Waals surface area (Å²) in [4.78, 5) is 36.7. The average Bonchev–Trinajstić information content (AvgIpc) is 3.06. The van der Waals surface area contributed by atoms with Crippen LogP contribution in [-0.2, 0) is 19.1 Å². The Balaban J connectivity index is 2.10. The number of ether oxygens (including phenoxy) is 3. The van der Waals surface area contributed by atoms with Crippen LogP contribution in [0.15, 0.2) is 45.1 Å². The van der Waals surface area contributed by atoms with Crippen molar-refractivity contribution < 1.29 is 28.2 Å². The Morgan fingerprint density at radius 2 is 1.83 bits per heavy atom. The van der Waals surface area contributed by atoms with Crippen LogP contribution < -0.4 is 10.4 Å². The lowest BCUT2D eigenvalue weighted by atomic mass is 9.93. The monoisotopic (exact) mass is 414 g/mol. The molecule has 0 fully saturated rings. The highest BCUT2D eigenvalue weighted by atomic mass is 16.6. The van der Waals surface area contributed by atoms with E-state index in [0.29, 0.717) is 22.3 Å². The lowest BCUT2D eigenvalue weighted by Gasteiger charge is -2.34. The molecule has 1 aliphatic heterocycles. The third-order valence-electron chi connectivity index (χ3n) is 5.11. The summed E-state index contributed by atoms with van der Waals surface area (Å²) in [6, 6.07) is 6.44. The molecule has 30 heavy (non-hydrogen) atoms. The molecule has 2 heterocycles. The molecule has 0 amide bonds. The van der Waals surface area contributed by atoms with Gasteiger partial charge in [0.1, 0.15) is 16.9 Å². The molecular weight excluding hydrogens is 388 g/mol. The van der Waals surface area contributed by atoms with E-state index in [1.165, 1.54) is 6.07 Å². The molecule has 0 saturated carbocycles. The molecule has 0 unspecified atom stereocenters. The van der Waals surface area contributed by atoms with Crippen molar-refractivity contribution in [2.24, 2.45) is 5.92 Å². The fourth-order valence-corrected chi connectivity index (χ4v) is 3.24. The van der Waals surface area contributed by atoms with Gasteiger partial charge in [-0.05, 0) is 45.9 Å². The summed E-state index contributed by atoms with van der Waals surface area (Å²) in [5, 5.41) is 0.669. The predicted octanol–water partition coefficient (Wildman–Crippen LogP) is 4.08. The summed E-state index contributed by atoms with van der Waals surface area (Å²) in [6.45, 7) is 10.2. The van der Waals surface area contributed by atoms with E-state index in [0.717, 1.165) is 0 Å². The minimum atomic E-state index is -1.15. The van der Waals surface area contributed by atoms with Gasteiger partial charge in [-0.25, -0.2) is 9.59 Å². The Morgan fingerprint density at radius 1 is 1.17 bits per heavy atom. The smallest absolute Gasteiger partial charge is 0.336 e. The highest BCUT2D eigenvalue weighted by Crippen LogP contribution is 2.47. The standard InChI is InChI=1S/C23H26O7/c1-7-13(4)22(26)30-23(5,6)20-19(29-21(25)12(2)3)17-15(27-20)10-8-14-9-11-16(24)28-18(14)17/h7-12,19-20H,1-6H3/b13-7-/t19-,20+/m1/s1. The summed E-state index contributed by atoms with van der Waals surface area (Å²) < 4.78 is 23.0. The van der Waals surface area contributed by atoms with E-state index >= 15 is 0 Å². The number of fused-ring (bicyclic) bond motifs is 3. The quantitative estimate of drug-likeness (QED) is 0.413. The van der Waals surface area contributed by atoms with Gasteiger partial charge in [0, 0.05) is 17.0 Å². The second-order valence-corrected chi connectivity index (χ2v) is 8.17. The van der Waals surface area contributed by atoms with Gasteiger partial charge in [0.2, 0.25) is 0 Å². The Labute approximate surface area is 174 Å². The Morgan fingerprint density at radius 3 is 2.47 bits per heavy atom. The lowest BCUT2D eigenvalue weighted by molar-refractivity contribution is -0.176. The zero-order valence-corrected chi connectivity index (χ0v) is 18.0. The van der Waals surface area contributed by atoms with Crippen molar-refractivity contribution in [1.82, 2.24) is 0 Å². The third-order valence-corrected chi connectivity index (χ3v) is 5.11. The number of hydrogen-bond donors (Lipinski definition) is 0. The van der Waals surface area contributed by atoms with E-state index < -0.39 is 35.4 Å². The van der Waals surface area contributed by atoms with Gasteiger partial charge in [-0.3, -0.25) is 4.79 Å². The first-order valence-electron chi connectivity index (χ1n) is 9.85. The lowest BCUT2D eigenvalue weighted by Crippen LogP contribution is -2.47. The zero-order chi connectivity index (χ0) is 22.2. The number of benzene rings is 1. The van der Waals surface area contributed by atoms with E-state index in [1.54, 1.807) is 65.8 Å². The Bertz CT molecular complexity index is 1070. The zero-order valence-electron chi connectivity index (χ0n) is 18.0. The topological polar surface area (TPSA) is 92.0 Å². The molecule has 7 heteroatoms. The molecule has 160 valence electrons. The normalized spacial score (nSPS) is 18.8. The number of carbonyl (C=O) groups excluding carboxylic acids is 2. The van der Waals surface area contributed by atoms with Gasteiger partial charge in [-0.15, -0.1) is 0 Å². The number of hydrogen-bond acceptors (Lipinski definition) is 7. The molecule has 1 aromatic heterocycles. The van der Waals surface area contributed by atoms with E-state index in [4.69, 9.17) is 18.6 Å². The maximum Gasteiger partial charge on any atom is 0.336 e. The molecule has 7 nitrogen and oxygen atoms in total. The van der Waals surface area contributed by atoms with Gasteiger partial charge in [0.25, 0.3) is 0 Å². The molecule has 0 spiro atoms. The van der Waals surface area contributed by atoms with Crippen molar-refractivity contribution in [1.29, 1.82) is 0 Å². The molecular formula is C23H26O7. The summed E-state index contributed by atoms with van der Waals surface area (Å²) >= 11 is 0. The highest BCUT2D eigenvalue weighted by molar-refractivity contribution is 5.88. The molecule has 1 aliphatic rings. The second kappa shape index (κ2) is 7.97. The summed E-state index contributed by atoms with van der Waals surface area (Å²) in [5.41, 5.74) is -0.482. The molecule has 0 aliphatic carbocycles. The van der Waals surface area contributed by atoms with Crippen molar-refractivity contribution in [3.63, 3.8) is 0 Å². The number of allylic oxidation sites excluding steroid dienone is 1. The van der Waals surface area contributed by atoms with Crippen LogP contribution in [0.25, 0.3) is 11.0 Å². The Hall–Kier alpha value is -3.09. The van der Waals surface area contributed by atoms with Gasteiger partial charge in [-0.2, -0.15) is 0 Å². The molecule has 1 aromatic carbocycles. The molecule has 2 aromatic rings. The first-order valence-corrected chi connectivity index (χ1v) is 9.85. The van der Waals surface area contributed by atoms with Crippen molar-refractivity contribution in [3.05, 3.63) is 51.9 Å². The Kier molecular flexibility index (Phi) is 5.74. The second-order valence-electron chi connectivity index (χ2n) is 8.17. The number of esters is 2. The maximum absolute atomic E-state index is 12.5. The number of rotatable bonds is 5. The molecule has 0 saturated heterocycles. The van der Waals surface area contributed by atoms with Crippen LogP contribution in [0, 0.1) is 5.92 Å². The third kappa shape index (κ3) is 3.97. The summed E-state index contributed by atoms with van der Waals surface area (Å²) in [5.74, 6) is -0.904. The van der Waals surface area contributed by atoms with Gasteiger partial charge in [0.05, 0.1) is 11.5 Å². The van der Waals surface area contributed by atoms with Gasteiger partial charge < -0.3 is 18.6 Å². The van der Waals surface area contributed by atoms with E-state index in [-0.39, 0.29) is 11.5 Å². The minimum absolute atomic E-state index is 0.288. The maximum atomic E-state index is 12.5. The number of carbonyl (C=O) groups is 2. The molecule has 0 radical (unpaired) electrons. The van der Waals surface area contributed by atoms with Crippen molar-refractivity contribution in [2.45, 2.75) is 59.4 Å². The van der Waals surface area contributed by atoms with Crippen LogP contribution in [0.1, 0.15) is 53.2 Å². The van der Waals surface area contributed by atoms with E-state index in [9.17, 15) is 14.4 Å². The molecule has 0 N–H and O–H groups in total. The summed E-state index contributed by atoms with van der Waals surface area (Å²) in [6.07, 6.45) is -0.0982. The minimum Gasteiger partial charge on any atom is -0.481 e. The van der Waals surface area contributed by atoms with E-state index in [1.807, 2.05) is 0 Å². The van der Waals surface area contributed by atoms with Gasteiger partial charge in [-0.1, -0.05) is 19.9 Å². The van der Waals surface area contributed by atoms with Crippen LogP contribution in [0.5, 0.6) is 5.75 Å². The van der Waals surface area contributed by atoms with Crippen molar-refractivity contribution in [2.75, 3.05) is 0 Å². The van der Waals surface area contributed by atoms with Crippen LogP contribution in [0.3, 0.4) is 0 Å². The van der Waals surface area contributed by atoms with Crippen molar-refractivity contribution >= 4 is 22.9 Å². The average molecular weight is 414 g/mol. The van der Waals surface area contributed by atoms with Gasteiger partial charge in [0.15, 0.2) is 12.2 Å².